The highest BCUT2D eigenvalue weighted by molar-refractivity contribution is 7.97. The van der Waals surface area contributed by atoms with Gasteiger partial charge in [0.2, 0.25) is 0 Å². The van der Waals surface area contributed by atoms with Crippen LogP contribution in [0.1, 0.15) is 11.9 Å². The first-order valence-electron chi connectivity index (χ1n) is 8.70. The van der Waals surface area contributed by atoms with Gasteiger partial charge in [0.15, 0.2) is 11.5 Å². The maximum absolute atomic E-state index is 10.7. The molecule has 152 valence electrons. The summed E-state index contributed by atoms with van der Waals surface area (Å²) in [6, 6.07) is 1.68. The van der Waals surface area contributed by atoms with Crippen LogP contribution in [0, 0.1) is 0 Å². The van der Waals surface area contributed by atoms with E-state index in [1.54, 1.807) is 12.3 Å². The smallest absolute Gasteiger partial charge is 0.188 e. The zero-order chi connectivity index (χ0) is 19.6. The lowest BCUT2D eigenvalue weighted by atomic mass is 10.1. The molecule has 3 heterocycles. The van der Waals surface area contributed by atoms with Crippen LogP contribution in [0.25, 0.3) is 0 Å². The van der Waals surface area contributed by atoms with Crippen LogP contribution in [0.4, 0.5) is 0 Å². The summed E-state index contributed by atoms with van der Waals surface area (Å²) in [5.74, 6) is 0.961. The van der Waals surface area contributed by atoms with Gasteiger partial charge in [-0.2, -0.15) is 0 Å². The summed E-state index contributed by atoms with van der Waals surface area (Å²) in [6.07, 6.45) is -2.67. The fourth-order valence-electron chi connectivity index (χ4n) is 3.43. The van der Waals surface area contributed by atoms with Gasteiger partial charge in [0, 0.05) is 17.1 Å². The first-order valence-corrected chi connectivity index (χ1v) is 10.3. The third-order valence-electron chi connectivity index (χ3n) is 4.90. The van der Waals surface area contributed by atoms with E-state index in [-0.39, 0.29) is 19.0 Å². The van der Waals surface area contributed by atoms with E-state index < -0.39 is 53.0 Å². The number of hydrogen-bond acceptors (Lipinski definition) is 9. The zero-order valence-electron chi connectivity index (χ0n) is 14.9. The number of nitrogens with zero attached hydrogens (tertiary/aromatic N) is 1. The van der Waals surface area contributed by atoms with E-state index in [0.717, 1.165) is 0 Å². The van der Waals surface area contributed by atoms with Gasteiger partial charge in [0.1, 0.15) is 47.8 Å². The second-order valence-corrected chi connectivity index (χ2v) is 9.02. The molecule has 0 aliphatic carbocycles. The van der Waals surface area contributed by atoms with Crippen molar-refractivity contribution in [3.8, 4) is 5.75 Å². The van der Waals surface area contributed by atoms with Crippen molar-refractivity contribution in [2.45, 2.75) is 42.1 Å². The SMILES string of the molecule is COc1cnccc1C1OC[C@@H](O)[C@@H]([C@H](O)C[S+]2C[C@@H](O)[C@H](O)[C@H]2CO)O1. The van der Waals surface area contributed by atoms with Gasteiger partial charge in [-0.1, -0.05) is 0 Å². The van der Waals surface area contributed by atoms with Gasteiger partial charge in [0.05, 0.1) is 32.1 Å². The average molecular weight is 404 g/mol. The van der Waals surface area contributed by atoms with Crippen molar-refractivity contribution in [3.63, 3.8) is 0 Å². The molecule has 9 nitrogen and oxygen atoms in total. The molecule has 5 N–H and O–H groups in total. The number of pyridine rings is 1. The Kier molecular flexibility index (Phi) is 6.93. The number of methoxy groups -OCH3 is 1. The Morgan fingerprint density at radius 3 is 2.81 bits per heavy atom. The van der Waals surface area contributed by atoms with Gasteiger partial charge in [-0.15, -0.1) is 0 Å². The normalized spacial score (nSPS) is 37.9. The van der Waals surface area contributed by atoms with Crippen molar-refractivity contribution in [2.75, 3.05) is 31.8 Å². The molecule has 1 aromatic heterocycles. The number of hydrogen-bond donors (Lipinski definition) is 5. The zero-order valence-corrected chi connectivity index (χ0v) is 15.7. The van der Waals surface area contributed by atoms with Crippen molar-refractivity contribution in [1.82, 2.24) is 4.98 Å². The molecule has 3 rings (SSSR count). The van der Waals surface area contributed by atoms with Crippen molar-refractivity contribution in [3.05, 3.63) is 24.0 Å². The largest absolute Gasteiger partial charge is 0.495 e. The predicted molar refractivity (Wildman–Crippen MR) is 96.4 cm³/mol. The minimum absolute atomic E-state index is 0.0275. The molecule has 0 amide bonds. The Morgan fingerprint density at radius 2 is 2.11 bits per heavy atom. The molecule has 8 atom stereocenters. The summed E-state index contributed by atoms with van der Waals surface area (Å²) in [4.78, 5) is 3.98. The predicted octanol–water partition coefficient (Wildman–Crippen LogP) is -2.06. The Bertz CT molecular complexity index is 622. The maximum atomic E-state index is 10.7. The standard InChI is InChI=1S/C17H26NO8S/c1-24-13-4-18-3-2-9(13)17-25-6-10(20)16(26-17)12(22)8-27-7-11(21)15(23)14(27)5-19/h2-4,10-12,14-17,19-23H,5-8H2,1H3/q+1/t10-,11-,12-,14-,15+,16+,17?,27?/m1/s1. The topological polar surface area (TPSA) is 142 Å². The van der Waals surface area contributed by atoms with Crippen molar-refractivity contribution in [2.24, 2.45) is 0 Å². The molecule has 1 aromatic rings. The number of rotatable bonds is 6. The molecule has 0 saturated carbocycles. The summed E-state index contributed by atoms with van der Waals surface area (Å²) in [5, 5.41) is 49.7. The van der Waals surface area contributed by atoms with Crippen LogP contribution in [0.2, 0.25) is 0 Å². The van der Waals surface area contributed by atoms with Crippen molar-refractivity contribution < 1.29 is 39.7 Å². The van der Waals surface area contributed by atoms with E-state index in [1.165, 1.54) is 13.3 Å². The molecule has 10 heteroatoms. The van der Waals surface area contributed by atoms with Crippen LogP contribution >= 0.6 is 0 Å². The van der Waals surface area contributed by atoms with Gasteiger partial charge < -0.3 is 39.7 Å². The fourth-order valence-corrected chi connectivity index (χ4v) is 6.11. The Morgan fingerprint density at radius 1 is 1.33 bits per heavy atom. The van der Waals surface area contributed by atoms with Gasteiger partial charge in [-0.05, 0) is 6.07 Å². The fraction of sp³-hybridized carbons (Fsp3) is 0.706. The second kappa shape index (κ2) is 9.01. The number of ether oxygens (including phenoxy) is 3. The summed E-state index contributed by atoms with van der Waals surface area (Å²) in [6.45, 7) is -0.303. The van der Waals surface area contributed by atoms with Crippen LogP contribution in [0.15, 0.2) is 18.5 Å². The van der Waals surface area contributed by atoms with Crippen LogP contribution in [-0.4, -0.2) is 98.1 Å². The van der Waals surface area contributed by atoms with Crippen molar-refractivity contribution >= 4 is 10.9 Å². The number of aromatic nitrogens is 1. The highest BCUT2D eigenvalue weighted by Crippen LogP contribution is 2.34. The Balaban J connectivity index is 1.69. The number of aliphatic hydroxyl groups excluding tert-OH is 5. The van der Waals surface area contributed by atoms with Crippen LogP contribution in [-0.2, 0) is 20.4 Å². The molecule has 2 aliphatic heterocycles. The van der Waals surface area contributed by atoms with E-state index in [1.807, 2.05) is 0 Å². The van der Waals surface area contributed by atoms with E-state index in [9.17, 15) is 25.5 Å². The van der Waals surface area contributed by atoms with Crippen molar-refractivity contribution in [1.29, 1.82) is 0 Å². The number of aliphatic hydroxyl groups is 5. The summed E-state index contributed by atoms with van der Waals surface area (Å²) in [7, 11) is 0.897. The Labute approximate surface area is 159 Å². The minimum Gasteiger partial charge on any atom is -0.495 e. The van der Waals surface area contributed by atoms with Gasteiger partial charge in [-0.3, -0.25) is 4.98 Å². The molecule has 2 saturated heterocycles. The molecular weight excluding hydrogens is 378 g/mol. The second-order valence-electron chi connectivity index (χ2n) is 6.67. The first-order chi connectivity index (χ1) is 13.0. The highest BCUT2D eigenvalue weighted by Gasteiger charge is 2.51. The van der Waals surface area contributed by atoms with E-state index in [2.05, 4.69) is 4.98 Å². The van der Waals surface area contributed by atoms with E-state index >= 15 is 0 Å². The molecule has 0 aromatic carbocycles. The van der Waals surface area contributed by atoms with Gasteiger partial charge >= 0.3 is 0 Å². The third kappa shape index (κ3) is 4.38. The summed E-state index contributed by atoms with van der Waals surface area (Å²) < 4.78 is 16.6. The Hall–Kier alpha value is -0.980. The lowest BCUT2D eigenvalue weighted by molar-refractivity contribution is -0.273. The molecule has 2 aliphatic rings. The summed E-state index contributed by atoms with van der Waals surface area (Å²) in [5.41, 5.74) is 0.596. The summed E-state index contributed by atoms with van der Waals surface area (Å²) >= 11 is 0. The molecule has 0 spiro atoms. The molecule has 0 bridgehead atoms. The van der Waals surface area contributed by atoms with E-state index in [4.69, 9.17) is 14.2 Å². The molecule has 2 fully saturated rings. The molecule has 2 unspecified atom stereocenters. The molecule has 0 radical (unpaired) electrons. The maximum Gasteiger partial charge on any atom is 0.188 e. The quantitative estimate of drug-likeness (QED) is 0.338. The third-order valence-corrected chi connectivity index (χ3v) is 7.72. The lowest BCUT2D eigenvalue weighted by Gasteiger charge is -2.36. The van der Waals surface area contributed by atoms with Gasteiger partial charge in [0.25, 0.3) is 0 Å². The first kappa shape index (κ1) is 20.7. The van der Waals surface area contributed by atoms with Crippen LogP contribution in [0.3, 0.4) is 0 Å². The van der Waals surface area contributed by atoms with E-state index in [0.29, 0.717) is 17.1 Å². The lowest BCUT2D eigenvalue weighted by Crippen LogP contribution is -2.50. The molecule has 27 heavy (non-hydrogen) atoms. The highest BCUT2D eigenvalue weighted by atomic mass is 32.2. The van der Waals surface area contributed by atoms with Gasteiger partial charge in [-0.25, -0.2) is 0 Å². The average Bonchev–Trinajstić information content (AvgIpc) is 2.94. The molecular formula is C17H26NO8S+. The van der Waals surface area contributed by atoms with Crippen LogP contribution in [0.5, 0.6) is 5.75 Å². The van der Waals surface area contributed by atoms with Crippen LogP contribution < -0.4 is 4.74 Å². The monoisotopic (exact) mass is 404 g/mol. The minimum atomic E-state index is -1.05.